The number of amides is 2. The van der Waals surface area contributed by atoms with Crippen molar-refractivity contribution in [2.24, 2.45) is 0 Å². The highest BCUT2D eigenvalue weighted by atomic mass is 16.5. The van der Waals surface area contributed by atoms with Crippen molar-refractivity contribution in [3.05, 3.63) is 59.2 Å². The van der Waals surface area contributed by atoms with Gasteiger partial charge in [0.15, 0.2) is 0 Å². The van der Waals surface area contributed by atoms with E-state index in [1.807, 2.05) is 12.1 Å². The first-order valence-corrected chi connectivity index (χ1v) is 8.06. The molecule has 0 radical (unpaired) electrons. The first-order valence-electron chi connectivity index (χ1n) is 8.06. The van der Waals surface area contributed by atoms with Gasteiger partial charge in [-0.3, -0.25) is 9.59 Å². The summed E-state index contributed by atoms with van der Waals surface area (Å²) >= 11 is 0. The molecular weight excluding hydrogens is 336 g/mol. The SMILES string of the molecule is COc1ccc(CNC(=O)[C@H]2CC(=O)Nc3ccccc32)cc1C(=O)O. The molecule has 1 aliphatic heterocycles. The summed E-state index contributed by atoms with van der Waals surface area (Å²) in [6.45, 7) is 0.156. The van der Waals surface area contributed by atoms with Gasteiger partial charge in [0.25, 0.3) is 0 Å². The molecule has 1 heterocycles. The normalized spacial score (nSPS) is 15.6. The average molecular weight is 354 g/mol. The van der Waals surface area contributed by atoms with E-state index in [0.29, 0.717) is 11.3 Å². The number of rotatable bonds is 5. The van der Waals surface area contributed by atoms with Crippen molar-refractivity contribution in [3.8, 4) is 5.75 Å². The number of anilines is 1. The molecule has 0 aliphatic carbocycles. The molecule has 1 atom stereocenters. The zero-order valence-electron chi connectivity index (χ0n) is 14.1. The summed E-state index contributed by atoms with van der Waals surface area (Å²) in [5, 5.41) is 14.8. The first kappa shape index (κ1) is 17.5. The lowest BCUT2D eigenvalue weighted by Gasteiger charge is -2.24. The van der Waals surface area contributed by atoms with Gasteiger partial charge >= 0.3 is 5.97 Å². The number of hydrogen-bond acceptors (Lipinski definition) is 4. The van der Waals surface area contributed by atoms with Gasteiger partial charge in [-0.25, -0.2) is 4.79 Å². The quantitative estimate of drug-likeness (QED) is 0.763. The van der Waals surface area contributed by atoms with Gasteiger partial charge in [0.2, 0.25) is 11.8 Å². The van der Waals surface area contributed by atoms with Gasteiger partial charge in [-0.1, -0.05) is 24.3 Å². The average Bonchev–Trinajstić information content (AvgIpc) is 2.65. The summed E-state index contributed by atoms with van der Waals surface area (Å²) < 4.78 is 5.02. The van der Waals surface area contributed by atoms with E-state index in [-0.39, 0.29) is 36.1 Å². The number of benzene rings is 2. The number of carboxylic acids is 1. The number of carbonyl (C=O) groups excluding carboxylic acids is 2. The molecule has 134 valence electrons. The number of para-hydroxylation sites is 1. The number of ether oxygens (including phenoxy) is 1. The standard InChI is InChI=1S/C19H18N2O5/c1-26-16-7-6-11(8-14(16)19(24)25)10-20-18(23)13-9-17(22)21-15-5-3-2-4-12(13)15/h2-8,13H,9-10H2,1H3,(H,20,23)(H,21,22)(H,24,25)/t13-/m0/s1. The Morgan fingerprint density at radius 1 is 1.27 bits per heavy atom. The number of aromatic carboxylic acids is 1. The monoisotopic (exact) mass is 354 g/mol. The third-order valence-electron chi connectivity index (χ3n) is 4.28. The van der Waals surface area contributed by atoms with Crippen molar-refractivity contribution in [1.29, 1.82) is 0 Å². The molecule has 0 aromatic heterocycles. The number of methoxy groups -OCH3 is 1. The Kier molecular flexibility index (Phi) is 4.88. The fourth-order valence-electron chi connectivity index (χ4n) is 2.99. The molecule has 2 amide bonds. The second kappa shape index (κ2) is 7.26. The molecule has 2 aromatic carbocycles. The third kappa shape index (κ3) is 3.51. The van der Waals surface area contributed by atoms with E-state index in [9.17, 15) is 19.5 Å². The molecule has 0 bridgehead atoms. The van der Waals surface area contributed by atoms with E-state index < -0.39 is 11.9 Å². The topological polar surface area (TPSA) is 105 Å². The molecule has 7 nitrogen and oxygen atoms in total. The molecule has 26 heavy (non-hydrogen) atoms. The van der Waals surface area contributed by atoms with E-state index >= 15 is 0 Å². The van der Waals surface area contributed by atoms with Gasteiger partial charge in [0.05, 0.1) is 13.0 Å². The lowest BCUT2D eigenvalue weighted by molar-refractivity contribution is -0.126. The third-order valence-corrected chi connectivity index (χ3v) is 4.28. The van der Waals surface area contributed by atoms with Crippen LogP contribution in [-0.2, 0) is 16.1 Å². The molecule has 3 rings (SSSR count). The van der Waals surface area contributed by atoms with Crippen molar-refractivity contribution >= 4 is 23.5 Å². The van der Waals surface area contributed by atoms with Crippen molar-refractivity contribution in [3.63, 3.8) is 0 Å². The number of nitrogens with one attached hydrogen (secondary N) is 2. The molecule has 0 fully saturated rings. The smallest absolute Gasteiger partial charge is 0.339 e. The Hall–Kier alpha value is -3.35. The van der Waals surface area contributed by atoms with E-state index in [1.54, 1.807) is 24.3 Å². The second-order valence-corrected chi connectivity index (χ2v) is 5.95. The Morgan fingerprint density at radius 3 is 2.77 bits per heavy atom. The molecule has 0 unspecified atom stereocenters. The van der Waals surface area contributed by atoms with Gasteiger partial charge < -0.3 is 20.5 Å². The number of carboxylic acid groups (broad SMARTS) is 1. The highest BCUT2D eigenvalue weighted by Gasteiger charge is 2.30. The molecule has 0 spiro atoms. The van der Waals surface area contributed by atoms with Gasteiger partial charge in [-0.15, -0.1) is 0 Å². The zero-order chi connectivity index (χ0) is 18.7. The van der Waals surface area contributed by atoms with Crippen LogP contribution in [0.3, 0.4) is 0 Å². The first-order chi connectivity index (χ1) is 12.5. The van der Waals surface area contributed by atoms with Crippen LogP contribution in [0.25, 0.3) is 0 Å². The summed E-state index contributed by atoms with van der Waals surface area (Å²) in [6, 6.07) is 11.9. The van der Waals surface area contributed by atoms with E-state index in [1.165, 1.54) is 13.2 Å². The maximum absolute atomic E-state index is 12.6. The van der Waals surface area contributed by atoms with Crippen LogP contribution in [0.15, 0.2) is 42.5 Å². The second-order valence-electron chi connectivity index (χ2n) is 5.95. The fraction of sp³-hybridized carbons (Fsp3) is 0.211. The zero-order valence-corrected chi connectivity index (χ0v) is 14.1. The Morgan fingerprint density at radius 2 is 2.04 bits per heavy atom. The molecule has 0 saturated carbocycles. The van der Waals surface area contributed by atoms with E-state index in [0.717, 1.165) is 5.56 Å². The minimum Gasteiger partial charge on any atom is -0.496 e. The lowest BCUT2D eigenvalue weighted by Crippen LogP contribution is -2.34. The minimum absolute atomic E-state index is 0.0293. The van der Waals surface area contributed by atoms with Crippen molar-refractivity contribution in [2.45, 2.75) is 18.9 Å². The summed E-state index contributed by atoms with van der Waals surface area (Å²) in [5.74, 6) is -1.91. The fourth-order valence-corrected chi connectivity index (χ4v) is 2.99. The molecule has 3 N–H and O–H groups in total. The van der Waals surface area contributed by atoms with E-state index in [4.69, 9.17) is 4.74 Å². The Labute approximate surface area is 150 Å². The molecule has 7 heteroatoms. The van der Waals surface area contributed by atoms with Crippen molar-refractivity contribution in [1.82, 2.24) is 5.32 Å². The number of fused-ring (bicyclic) bond motifs is 1. The molecule has 2 aromatic rings. The summed E-state index contributed by atoms with van der Waals surface area (Å²) in [4.78, 5) is 35.7. The maximum atomic E-state index is 12.6. The summed E-state index contributed by atoms with van der Waals surface area (Å²) in [6.07, 6.45) is 0.0752. The van der Waals surface area contributed by atoms with Crippen molar-refractivity contribution in [2.75, 3.05) is 12.4 Å². The van der Waals surface area contributed by atoms with Crippen LogP contribution >= 0.6 is 0 Å². The summed E-state index contributed by atoms with van der Waals surface area (Å²) in [5.41, 5.74) is 2.07. The largest absolute Gasteiger partial charge is 0.496 e. The van der Waals surface area contributed by atoms with Crippen LogP contribution in [0.2, 0.25) is 0 Å². The minimum atomic E-state index is -1.10. The van der Waals surface area contributed by atoms with Gasteiger partial charge in [0.1, 0.15) is 11.3 Å². The highest BCUT2D eigenvalue weighted by Crippen LogP contribution is 2.32. The van der Waals surface area contributed by atoms with Gasteiger partial charge in [-0.05, 0) is 29.3 Å². The lowest BCUT2D eigenvalue weighted by atomic mass is 9.90. The van der Waals surface area contributed by atoms with E-state index in [2.05, 4.69) is 10.6 Å². The van der Waals surface area contributed by atoms with Gasteiger partial charge in [0, 0.05) is 18.7 Å². The highest BCUT2D eigenvalue weighted by molar-refractivity contribution is 6.01. The van der Waals surface area contributed by atoms with Crippen LogP contribution < -0.4 is 15.4 Å². The number of hydrogen-bond donors (Lipinski definition) is 3. The van der Waals surface area contributed by atoms with Crippen LogP contribution in [0.1, 0.15) is 33.8 Å². The van der Waals surface area contributed by atoms with Crippen LogP contribution in [0, 0.1) is 0 Å². The summed E-state index contributed by atoms with van der Waals surface area (Å²) in [7, 11) is 1.40. The van der Waals surface area contributed by atoms with Crippen LogP contribution in [0.4, 0.5) is 5.69 Å². The predicted molar refractivity (Wildman–Crippen MR) is 94.2 cm³/mol. The van der Waals surface area contributed by atoms with Crippen LogP contribution in [0.5, 0.6) is 5.75 Å². The van der Waals surface area contributed by atoms with Crippen LogP contribution in [-0.4, -0.2) is 30.0 Å². The molecule has 1 aliphatic rings. The Balaban J connectivity index is 1.75. The van der Waals surface area contributed by atoms with Gasteiger partial charge in [-0.2, -0.15) is 0 Å². The predicted octanol–water partition coefficient (Wildman–Crippen LogP) is 2.14. The molecule has 0 saturated heterocycles. The number of carbonyl (C=O) groups is 3. The maximum Gasteiger partial charge on any atom is 0.339 e. The van der Waals surface area contributed by atoms with Crippen molar-refractivity contribution < 1.29 is 24.2 Å². The Bertz CT molecular complexity index is 878. The molecular formula is C19H18N2O5.